The van der Waals surface area contributed by atoms with Gasteiger partial charge in [0.15, 0.2) is 0 Å². The standard InChI is InChI=1S/C9H8ClN3/c10-4-8-5-12-13(7-8)9-2-1-3-11-6-9/h1-3,5-7H,4H2. The first-order valence-corrected chi connectivity index (χ1v) is 4.43. The summed E-state index contributed by atoms with van der Waals surface area (Å²) in [5.41, 5.74) is 1.95. The van der Waals surface area contributed by atoms with E-state index < -0.39 is 0 Å². The molecular weight excluding hydrogens is 186 g/mol. The summed E-state index contributed by atoms with van der Waals surface area (Å²) in [5, 5.41) is 4.15. The van der Waals surface area contributed by atoms with Crippen molar-refractivity contribution < 1.29 is 0 Å². The Morgan fingerprint density at radius 1 is 1.38 bits per heavy atom. The van der Waals surface area contributed by atoms with Crippen molar-refractivity contribution in [3.8, 4) is 5.69 Å². The van der Waals surface area contributed by atoms with E-state index in [1.54, 1.807) is 23.3 Å². The molecule has 0 atom stereocenters. The highest BCUT2D eigenvalue weighted by atomic mass is 35.5. The molecule has 0 amide bonds. The van der Waals surface area contributed by atoms with Crippen molar-refractivity contribution in [3.05, 3.63) is 42.5 Å². The third-order valence-electron chi connectivity index (χ3n) is 1.70. The zero-order chi connectivity index (χ0) is 9.10. The second-order valence-electron chi connectivity index (χ2n) is 2.64. The third-order valence-corrected chi connectivity index (χ3v) is 2.01. The summed E-state index contributed by atoms with van der Waals surface area (Å²) in [5.74, 6) is 0.486. The van der Waals surface area contributed by atoms with Crippen LogP contribution in [-0.4, -0.2) is 14.8 Å². The van der Waals surface area contributed by atoms with Crippen LogP contribution in [0.25, 0.3) is 5.69 Å². The van der Waals surface area contributed by atoms with Gasteiger partial charge in [-0.2, -0.15) is 5.10 Å². The van der Waals surface area contributed by atoms with Crippen molar-refractivity contribution in [2.45, 2.75) is 5.88 Å². The molecule has 0 aliphatic carbocycles. The van der Waals surface area contributed by atoms with Crippen LogP contribution in [0.5, 0.6) is 0 Å². The lowest BCUT2D eigenvalue weighted by atomic mass is 10.4. The minimum Gasteiger partial charge on any atom is -0.262 e. The van der Waals surface area contributed by atoms with Crippen molar-refractivity contribution in [2.24, 2.45) is 0 Å². The molecule has 2 rings (SSSR count). The largest absolute Gasteiger partial charge is 0.262 e. The molecule has 3 nitrogen and oxygen atoms in total. The molecule has 2 aromatic rings. The number of aromatic nitrogens is 3. The van der Waals surface area contributed by atoms with Crippen LogP contribution >= 0.6 is 11.6 Å². The minimum atomic E-state index is 0.486. The van der Waals surface area contributed by atoms with Gasteiger partial charge < -0.3 is 0 Å². The van der Waals surface area contributed by atoms with Gasteiger partial charge in [-0.05, 0) is 12.1 Å². The van der Waals surface area contributed by atoms with Crippen LogP contribution in [0.15, 0.2) is 36.9 Å². The van der Waals surface area contributed by atoms with Gasteiger partial charge in [-0.25, -0.2) is 4.68 Å². The quantitative estimate of drug-likeness (QED) is 0.684. The summed E-state index contributed by atoms with van der Waals surface area (Å²) in [6, 6.07) is 3.81. The topological polar surface area (TPSA) is 30.7 Å². The van der Waals surface area contributed by atoms with E-state index in [2.05, 4.69) is 10.1 Å². The summed E-state index contributed by atoms with van der Waals surface area (Å²) in [7, 11) is 0. The number of nitrogens with zero attached hydrogens (tertiary/aromatic N) is 3. The molecule has 0 radical (unpaired) electrons. The second-order valence-corrected chi connectivity index (χ2v) is 2.91. The van der Waals surface area contributed by atoms with E-state index >= 15 is 0 Å². The van der Waals surface area contributed by atoms with Gasteiger partial charge in [0, 0.05) is 18.0 Å². The van der Waals surface area contributed by atoms with E-state index in [1.807, 2.05) is 18.3 Å². The second kappa shape index (κ2) is 3.58. The van der Waals surface area contributed by atoms with Crippen molar-refractivity contribution >= 4 is 11.6 Å². The molecule has 0 saturated carbocycles. The Labute approximate surface area is 81.0 Å². The molecule has 4 heteroatoms. The van der Waals surface area contributed by atoms with Crippen molar-refractivity contribution in [1.29, 1.82) is 0 Å². The molecule has 0 bridgehead atoms. The van der Waals surface area contributed by atoms with Gasteiger partial charge >= 0.3 is 0 Å². The first kappa shape index (κ1) is 8.26. The highest BCUT2D eigenvalue weighted by molar-refractivity contribution is 6.17. The summed E-state index contributed by atoms with van der Waals surface area (Å²) in [4.78, 5) is 4.00. The van der Waals surface area contributed by atoms with E-state index in [0.29, 0.717) is 5.88 Å². The van der Waals surface area contributed by atoms with Crippen molar-refractivity contribution in [1.82, 2.24) is 14.8 Å². The Balaban J connectivity index is 2.36. The normalized spacial score (nSPS) is 10.2. The van der Waals surface area contributed by atoms with Crippen LogP contribution in [0.1, 0.15) is 5.56 Å². The van der Waals surface area contributed by atoms with Crippen molar-refractivity contribution in [2.75, 3.05) is 0 Å². The van der Waals surface area contributed by atoms with Gasteiger partial charge in [0.05, 0.1) is 24.0 Å². The average Bonchev–Trinajstić information content (AvgIpc) is 2.67. The van der Waals surface area contributed by atoms with Crippen LogP contribution in [-0.2, 0) is 5.88 Å². The molecule has 0 N–H and O–H groups in total. The molecule has 0 fully saturated rings. The van der Waals surface area contributed by atoms with Gasteiger partial charge in [-0.1, -0.05) is 0 Å². The lowest BCUT2D eigenvalue weighted by molar-refractivity contribution is 0.873. The highest BCUT2D eigenvalue weighted by Crippen LogP contribution is 2.07. The summed E-state index contributed by atoms with van der Waals surface area (Å²) < 4.78 is 1.75. The molecule has 0 aromatic carbocycles. The number of rotatable bonds is 2. The number of pyridine rings is 1. The van der Waals surface area contributed by atoms with E-state index in [9.17, 15) is 0 Å². The number of hydrogen-bond donors (Lipinski definition) is 0. The smallest absolute Gasteiger partial charge is 0.0828 e. The van der Waals surface area contributed by atoms with E-state index in [-0.39, 0.29) is 0 Å². The molecule has 66 valence electrons. The maximum atomic E-state index is 5.66. The molecule has 13 heavy (non-hydrogen) atoms. The maximum Gasteiger partial charge on any atom is 0.0828 e. The lowest BCUT2D eigenvalue weighted by Gasteiger charge is -1.97. The average molecular weight is 194 g/mol. The van der Waals surface area contributed by atoms with Gasteiger partial charge in [-0.3, -0.25) is 4.98 Å². The maximum absolute atomic E-state index is 5.66. The zero-order valence-corrected chi connectivity index (χ0v) is 7.65. The van der Waals surface area contributed by atoms with E-state index in [1.165, 1.54) is 0 Å². The number of halogens is 1. The zero-order valence-electron chi connectivity index (χ0n) is 6.89. The Kier molecular flexibility index (Phi) is 2.27. The van der Waals surface area contributed by atoms with Crippen LogP contribution < -0.4 is 0 Å². The molecule has 0 spiro atoms. The van der Waals surface area contributed by atoms with Crippen LogP contribution in [0, 0.1) is 0 Å². The van der Waals surface area contributed by atoms with E-state index in [0.717, 1.165) is 11.3 Å². The molecule has 2 aromatic heterocycles. The Morgan fingerprint density at radius 3 is 2.92 bits per heavy atom. The molecule has 0 saturated heterocycles. The van der Waals surface area contributed by atoms with Gasteiger partial charge in [-0.15, -0.1) is 11.6 Å². The lowest BCUT2D eigenvalue weighted by Crippen LogP contribution is -1.93. The first-order chi connectivity index (χ1) is 6.40. The number of alkyl halides is 1. The van der Waals surface area contributed by atoms with Crippen LogP contribution in [0.2, 0.25) is 0 Å². The Bertz CT molecular complexity index is 383. The summed E-state index contributed by atoms with van der Waals surface area (Å²) >= 11 is 5.66. The Hall–Kier alpha value is -1.35. The highest BCUT2D eigenvalue weighted by Gasteiger charge is 1.98. The Morgan fingerprint density at radius 2 is 2.31 bits per heavy atom. The fourth-order valence-corrected chi connectivity index (χ4v) is 1.20. The summed E-state index contributed by atoms with van der Waals surface area (Å²) in [6.07, 6.45) is 7.13. The number of hydrogen-bond acceptors (Lipinski definition) is 2. The predicted molar refractivity (Wildman–Crippen MR) is 50.9 cm³/mol. The summed E-state index contributed by atoms with van der Waals surface area (Å²) in [6.45, 7) is 0. The SMILES string of the molecule is ClCc1cnn(-c2cccnc2)c1. The van der Waals surface area contributed by atoms with Crippen LogP contribution in [0.4, 0.5) is 0 Å². The molecular formula is C9H8ClN3. The first-order valence-electron chi connectivity index (χ1n) is 3.90. The molecule has 0 unspecified atom stereocenters. The molecule has 0 aliphatic rings. The predicted octanol–water partition coefficient (Wildman–Crippen LogP) is 2.01. The molecule has 2 heterocycles. The van der Waals surface area contributed by atoms with Gasteiger partial charge in [0.1, 0.15) is 0 Å². The minimum absolute atomic E-state index is 0.486. The van der Waals surface area contributed by atoms with E-state index in [4.69, 9.17) is 11.6 Å². The van der Waals surface area contributed by atoms with Crippen LogP contribution in [0.3, 0.4) is 0 Å². The van der Waals surface area contributed by atoms with Gasteiger partial charge in [0.25, 0.3) is 0 Å². The fraction of sp³-hybridized carbons (Fsp3) is 0.111. The molecule has 0 aliphatic heterocycles. The monoisotopic (exact) mass is 193 g/mol. The van der Waals surface area contributed by atoms with Crippen molar-refractivity contribution in [3.63, 3.8) is 0 Å². The third kappa shape index (κ3) is 1.70. The van der Waals surface area contributed by atoms with Gasteiger partial charge in [0.2, 0.25) is 0 Å². The fourth-order valence-electron chi connectivity index (χ4n) is 1.06.